The molecule has 0 atom stereocenters. The molecule has 0 fully saturated rings. The number of rotatable bonds is 5. The van der Waals surface area contributed by atoms with Gasteiger partial charge in [0.05, 0.1) is 0 Å². The molecule has 0 aliphatic heterocycles. The predicted octanol–water partition coefficient (Wildman–Crippen LogP) is 4.25. The van der Waals surface area contributed by atoms with Gasteiger partial charge in [-0.05, 0) is 36.1 Å². The zero-order valence-corrected chi connectivity index (χ0v) is 17.5. The van der Waals surface area contributed by atoms with E-state index in [0.29, 0.717) is 35.6 Å². The van der Waals surface area contributed by atoms with Crippen molar-refractivity contribution in [2.75, 3.05) is 0 Å². The third-order valence-electron chi connectivity index (χ3n) is 5.35. The molecule has 3 aromatic rings. The van der Waals surface area contributed by atoms with Crippen molar-refractivity contribution in [3.05, 3.63) is 93.4 Å². The van der Waals surface area contributed by atoms with Crippen molar-refractivity contribution in [1.82, 2.24) is 10.3 Å². The van der Waals surface area contributed by atoms with E-state index in [1.807, 2.05) is 68.4 Å². The van der Waals surface area contributed by atoms with Crippen LogP contribution in [0.3, 0.4) is 0 Å². The SMILES string of the molecule is CC1(C)CC(=O)c2cc(C(=O)NCc3ccccc3Oc3ccccc3)c(=O)[nH]c2C1. The second kappa shape index (κ2) is 8.22. The van der Waals surface area contributed by atoms with E-state index in [1.165, 1.54) is 6.07 Å². The fraction of sp³-hybridized carbons (Fsp3) is 0.240. The number of fused-ring (bicyclic) bond motifs is 1. The molecule has 1 heterocycles. The van der Waals surface area contributed by atoms with Gasteiger partial charge in [-0.1, -0.05) is 50.2 Å². The Kier molecular flexibility index (Phi) is 5.46. The summed E-state index contributed by atoms with van der Waals surface area (Å²) >= 11 is 0. The number of amides is 1. The number of pyridine rings is 1. The predicted molar refractivity (Wildman–Crippen MR) is 118 cm³/mol. The molecule has 1 amide bonds. The minimum absolute atomic E-state index is 0.0573. The van der Waals surface area contributed by atoms with Crippen LogP contribution >= 0.6 is 0 Å². The molecule has 0 bridgehead atoms. The van der Waals surface area contributed by atoms with E-state index in [1.54, 1.807) is 0 Å². The third kappa shape index (κ3) is 4.58. The number of hydrogen-bond donors (Lipinski definition) is 2. The number of aromatic nitrogens is 1. The Hall–Kier alpha value is -3.67. The second-order valence-corrected chi connectivity index (χ2v) is 8.55. The number of para-hydroxylation sites is 2. The first-order chi connectivity index (χ1) is 14.8. The van der Waals surface area contributed by atoms with Crippen molar-refractivity contribution < 1.29 is 14.3 Å². The molecule has 6 heteroatoms. The second-order valence-electron chi connectivity index (χ2n) is 8.55. The molecule has 2 N–H and O–H groups in total. The Bertz CT molecular complexity index is 1200. The van der Waals surface area contributed by atoms with Crippen molar-refractivity contribution in [3.8, 4) is 11.5 Å². The zero-order chi connectivity index (χ0) is 22.0. The van der Waals surface area contributed by atoms with Gasteiger partial charge in [0.1, 0.15) is 17.1 Å². The zero-order valence-electron chi connectivity index (χ0n) is 17.5. The van der Waals surface area contributed by atoms with Gasteiger partial charge in [0.15, 0.2) is 5.78 Å². The van der Waals surface area contributed by atoms with Gasteiger partial charge in [0.2, 0.25) is 0 Å². The molecule has 1 aliphatic carbocycles. The van der Waals surface area contributed by atoms with E-state index in [-0.39, 0.29) is 23.3 Å². The molecule has 0 spiro atoms. The van der Waals surface area contributed by atoms with Gasteiger partial charge < -0.3 is 15.0 Å². The monoisotopic (exact) mass is 416 g/mol. The van der Waals surface area contributed by atoms with E-state index in [2.05, 4.69) is 10.3 Å². The van der Waals surface area contributed by atoms with Crippen LogP contribution in [0.4, 0.5) is 0 Å². The number of carbonyl (C=O) groups excluding carboxylic acids is 2. The number of Topliss-reactive ketones (excluding diaryl/α,β-unsaturated/α-hetero) is 1. The lowest BCUT2D eigenvalue weighted by Crippen LogP contribution is -2.34. The average Bonchev–Trinajstić information content (AvgIpc) is 2.72. The van der Waals surface area contributed by atoms with Crippen LogP contribution in [0.2, 0.25) is 0 Å². The summed E-state index contributed by atoms with van der Waals surface area (Å²) in [7, 11) is 0. The van der Waals surface area contributed by atoms with Gasteiger partial charge in [0.25, 0.3) is 11.5 Å². The molecular formula is C25H24N2O4. The van der Waals surface area contributed by atoms with Gasteiger partial charge in [-0.15, -0.1) is 0 Å². The van der Waals surface area contributed by atoms with Crippen LogP contribution in [0.25, 0.3) is 0 Å². The summed E-state index contributed by atoms with van der Waals surface area (Å²) in [5, 5.41) is 2.77. The standard InChI is InChI=1S/C25H24N2O4/c1-25(2)13-20-18(21(28)14-25)12-19(24(30)27-20)23(29)26-15-16-8-6-7-11-22(16)31-17-9-4-3-5-10-17/h3-12H,13-15H2,1-2H3,(H,26,29)(H,27,30). The summed E-state index contributed by atoms with van der Waals surface area (Å²) < 4.78 is 5.92. The maximum atomic E-state index is 12.7. The molecule has 0 unspecified atom stereocenters. The summed E-state index contributed by atoms with van der Waals surface area (Å²) in [6.45, 7) is 4.16. The largest absolute Gasteiger partial charge is 0.457 e. The molecule has 1 aromatic heterocycles. The number of hydrogen-bond acceptors (Lipinski definition) is 4. The van der Waals surface area contributed by atoms with Gasteiger partial charge in [-0.25, -0.2) is 0 Å². The average molecular weight is 416 g/mol. The molecule has 1 aliphatic rings. The van der Waals surface area contributed by atoms with Crippen molar-refractivity contribution in [2.24, 2.45) is 5.41 Å². The summed E-state index contributed by atoms with van der Waals surface area (Å²) in [4.78, 5) is 40.5. The first-order valence-electron chi connectivity index (χ1n) is 10.2. The topological polar surface area (TPSA) is 88.3 Å². The van der Waals surface area contributed by atoms with Gasteiger partial charge in [0, 0.05) is 29.8 Å². The number of nitrogens with one attached hydrogen (secondary N) is 2. The first kappa shape index (κ1) is 20.6. The van der Waals surface area contributed by atoms with Crippen LogP contribution in [0.5, 0.6) is 11.5 Å². The molecular weight excluding hydrogens is 392 g/mol. The minimum atomic E-state index is -0.531. The van der Waals surface area contributed by atoms with E-state index in [9.17, 15) is 14.4 Å². The highest BCUT2D eigenvalue weighted by Crippen LogP contribution is 2.33. The van der Waals surface area contributed by atoms with Crippen molar-refractivity contribution in [2.45, 2.75) is 33.2 Å². The Balaban J connectivity index is 1.52. The van der Waals surface area contributed by atoms with Crippen LogP contribution in [-0.4, -0.2) is 16.7 Å². The lowest BCUT2D eigenvalue weighted by atomic mass is 9.75. The Morgan fingerprint density at radius 2 is 1.74 bits per heavy atom. The fourth-order valence-corrected chi connectivity index (χ4v) is 3.83. The number of aromatic amines is 1. The van der Waals surface area contributed by atoms with E-state index in [0.717, 1.165) is 5.56 Å². The molecule has 0 saturated carbocycles. The molecule has 158 valence electrons. The van der Waals surface area contributed by atoms with Crippen molar-refractivity contribution in [1.29, 1.82) is 0 Å². The van der Waals surface area contributed by atoms with E-state index >= 15 is 0 Å². The molecule has 31 heavy (non-hydrogen) atoms. The van der Waals surface area contributed by atoms with Crippen LogP contribution in [0.1, 0.15) is 52.2 Å². The minimum Gasteiger partial charge on any atom is -0.457 e. The Morgan fingerprint density at radius 1 is 1.03 bits per heavy atom. The Labute approximate surface area is 180 Å². The summed E-state index contributed by atoms with van der Waals surface area (Å²) in [5.41, 5.74) is 1.04. The highest BCUT2D eigenvalue weighted by Gasteiger charge is 2.32. The van der Waals surface area contributed by atoms with Crippen molar-refractivity contribution in [3.63, 3.8) is 0 Å². The maximum Gasteiger partial charge on any atom is 0.261 e. The summed E-state index contributed by atoms with van der Waals surface area (Å²) in [6.07, 6.45) is 0.979. The number of H-pyrrole nitrogens is 1. The summed E-state index contributed by atoms with van der Waals surface area (Å²) in [6, 6.07) is 18.2. The molecule has 0 saturated heterocycles. The highest BCUT2D eigenvalue weighted by atomic mass is 16.5. The van der Waals surface area contributed by atoms with Crippen LogP contribution in [-0.2, 0) is 13.0 Å². The molecule has 6 nitrogen and oxygen atoms in total. The van der Waals surface area contributed by atoms with Crippen LogP contribution < -0.4 is 15.6 Å². The van der Waals surface area contributed by atoms with Crippen molar-refractivity contribution >= 4 is 11.7 Å². The number of ether oxygens (including phenoxy) is 1. The van der Waals surface area contributed by atoms with Crippen LogP contribution in [0, 0.1) is 5.41 Å². The fourth-order valence-electron chi connectivity index (χ4n) is 3.83. The Morgan fingerprint density at radius 3 is 2.52 bits per heavy atom. The van der Waals surface area contributed by atoms with Gasteiger partial charge in [-0.2, -0.15) is 0 Å². The van der Waals surface area contributed by atoms with E-state index < -0.39 is 11.5 Å². The molecule has 0 radical (unpaired) electrons. The number of carbonyl (C=O) groups is 2. The van der Waals surface area contributed by atoms with Crippen LogP contribution in [0.15, 0.2) is 65.5 Å². The smallest absolute Gasteiger partial charge is 0.261 e. The maximum absolute atomic E-state index is 12.7. The number of benzene rings is 2. The first-order valence-corrected chi connectivity index (χ1v) is 10.2. The normalized spacial score (nSPS) is 14.6. The highest BCUT2D eigenvalue weighted by molar-refractivity contribution is 6.02. The third-order valence-corrected chi connectivity index (χ3v) is 5.35. The van der Waals surface area contributed by atoms with Gasteiger partial charge in [-0.3, -0.25) is 14.4 Å². The number of ketones is 1. The molecule has 4 rings (SSSR count). The quantitative estimate of drug-likeness (QED) is 0.651. The van der Waals surface area contributed by atoms with E-state index in [4.69, 9.17) is 4.74 Å². The lowest BCUT2D eigenvalue weighted by Gasteiger charge is -2.29. The summed E-state index contributed by atoms with van der Waals surface area (Å²) in [5.74, 6) is 0.717. The van der Waals surface area contributed by atoms with Gasteiger partial charge >= 0.3 is 0 Å². The lowest BCUT2D eigenvalue weighted by molar-refractivity contribution is 0.0910. The molecule has 2 aromatic carbocycles.